The van der Waals surface area contributed by atoms with Crippen LogP contribution in [0, 0.1) is 5.82 Å². The molecule has 4 nitrogen and oxygen atoms in total. The summed E-state index contributed by atoms with van der Waals surface area (Å²) in [6.45, 7) is 7.51. The van der Waals surface area contributed by atoms with Gasteiger partial charge in [-0.15, -0.1) is 0 Å². The third-order valence-electron chi connectivity index (χ3n) is 4.42. The van der Waals surface area contributed by atoms with Gasteiger partial charge in [0.1, 0.15) is 5.82 Å². The van der Waals surface area contributed by atoms with Crippen molar-refractivity contribution in [3.63, 3.8) is 0 Å². The van der Waals surface area contributed by atoms with E-state index < -0.39 is 0 Å². The second-order valence-corrected chi connectivity index (χ2v) is 6.43. The summed E-state index contributed by atoms with van der Waals surface area (Å²) in [6, 6.07) is 7.86. The lowest BCUT2D eigenvalue weighted by Crippen LogP contribution is -2.50. The van der Waals surface area contributed by atoms with Gasteiger partial charge in [-0.25, -0.2) is 4.39 Å². The number of aliphatic imine (C=N–C) groups is 1. The van der Waals surface area contributed by atoms with Crippen molar-refractivity contribution in [3.05, 3.63) is 35.6 Å². The van der Waals surface area contributed by atoms with Gasteiger partial charge in [-0.1, -0.05) is 12.1 Å². The number of likely N-dealkylation sites (tertiary alicyclic amines) is 1. The smallest absolute Gasteiger partial charge is 0.191 e. The molecule has 2 rings (SSSR count). The van der Waals surface area contributed by atoms with Crippen molar-refractivity contribution in [2.45, 2.75) is 45.2 Å². The summed E-state index contributed by atoms with van der Waals surface area (Å²) in [5.41, 5.74) is 0.998. The molecular weight excluding hydrogens is 291 g/mol. The topological polar surface area (TPSA) is 39.7 Å². The Kier molecular flexibility index (Phi) is 6.84. The van der Waals surface area contributed by atoms with Crippen LogP contribution >= 0.6 is 0 Å². The van der Waals surface area contributed by atoms with Gasteiger partial charge in [-0.2, -0.15) is 0 Å². The van der Waals surface area contributed by atoms with Crippen LogP contribution in [0.3, 0.4) is 0 Å². The normalized spacial score (nSPS) is 17.5. The standard InChI is InChI=1S/C18H29FN4/c1-14(2)23-11-8-17(9-12-23)22-18(20-3)21-10-7-15-5-4-6-16(19)13-15/h4-6,13-14,17H,7-12H2,1-3H3,(H2,20,21,22). The first-order valence-electron chi connectivity index (χ1n) is 8.54. The maximum absolute atomic E-state index is 13.2. The summed E-state index contributed by atoms with van der Waals surface area (Å²) in [6.07, 6.45) is 3.07. The van der Waals surface area contributed by atoms with Crippen LogP contribution in [-0.4, -0.2) is 49.6 Å². The Morgan fingerprint density at radius 2 is 2.09 bits per heavy atom. The zero-order valence-electron chi connectivity index (χ0n) is 14.5. The van der Waals surface area contributed by atoms with Crippen molar-refractivity contribution in [2.75, 3.05) is 26.7 Å². The number of nitrogens with zero attached hydrogens (tertiary/aromatic N) is 2. The molecule has 0 aliphatic carbocycles. The molecule has 1 aromatic carbocycles. The van der Waals surface area contributed by atoms with Crippen LogP contribution in [0.4, 0.5) is 4.39 Å². The zero-order valence-corrected chi connectivity index (χ0v) is 14.5. The Balaban J connectivity index is 1.72. The molecule has 0 unspecified atom stereocenters. The molecule has 0 atom stereocenters. The molecule has 23 heavy (non-hydrogen) atoms. The number of hydrogen-bond acceptors (Lipinski definition) is 2. The highest BCUT2D eigenvalue weighted by Gasteiger charge is 2.21. The average molecular weight is 320 g/mol. The Hall–Kier alpha value is -1.62. The lowest BCUT2D eigenvalue weighted by atomic mass is 10.0. The molecule has 2 N–H and O–H groups in total. The van der Waals surface area contributed by atoms with Crippen molar-refractivity contribution < 1.29 is 4.39 Å². The van der Waals surface area contributed by atoms with Gasteiger partial charge in [-0.3, -0.25) is 4.99 Å². The van der Waals surface area contributed by atoms with Crippen LogP contribution in [0.25, 0.3) is 0 Å². The highest BCUT2D eigenvalue weighted by Crippen LogP contribution is 2.12. The molecule has 0 saturated carbocycles. The van der Waals surface area contributed by atoms with E-state index in [0.717, 1.165) is 50.4 Å². The third kappa shape index (κ3) is 5.82. The van der Waals surface area contributed by atoms with E-state index in [4.69, 9.17) is 0 Å². The molecular formula is C18H29FN4. The summed E-state index contributed by atoms with van der Waals surface area (Å²) < 4.78 is 13.2. The minimum Gasteiger partial charge on any atom is -0.356 e. The average Bonchev–Trinajstić information content (AvgIpc) is 2.54. The summed E-state index contributed by atoms with van der Waals surface area (Å²) in [7, 11) is 1.79. The predicted octanol–water partition coefficient (Wildman–Crippen LogP) is 2.41. The van der Waals surface area contributed by atoms with Crippen LogP contribution < -0.4 is 10.6 Å². The van der Waals surface area contributed by atoms with E-state index in [1.807, 2.05) is 6.07 Å². The molecule has 1 saturated heterocycles. The number of rotatable bonds is 5. The van der Waals surface area contributed by atoms with Gasteiger partial charge in [0.2, 0.25) is 0 Å². The molecule has 0 radical (unpaired) electrons. The third-order valence-corrected chi connectivity index (χ3v) is 4.42. The first-order valence-corrected chi connectivity index (χ1v) is 8.54. The minimum absolute atomic E-state index is 0.179. The van der Waals surface area contributed by atoms with Gasteiger partial charge in [0.25, 0.3) is 0 Å². The molecule has 0 bridgehead atoms. The fourth-order valence-corrected chi connectivity index (χ4v) is 2.97. The predicted molar refractivity (Wildman–Crippen MR) is 94.3 cm³/mol. The van der Waals surface area contributed by atoms with Crippen LogP contribution in [0.5, 0.6) is 0 Å². The van der Waals surface area contributed by atoms with E-state index in [1.54, 1.807) is 19.2 Å². The van der Waals surface area contributed by atoms with Crippen LogP contribution in [0.15, 0.2) is 29.3 Å². The SMILES string of the molecule is CN=C(NCCc1cccc(F)c1)NC1CCN(C(C)C)CC1. The fraction of sp³-hybridized carbons (Fsp3) is 0.611. The maximum atomic E-state index is 13.2. The monoisotopic (exact) mass is 320 g/mol. The minimum atomic E-state index is -0.179. The van der Waals surface area contributed by atoms with Gasteiger partial charge in [0.15, 0.2) is 5.96 Å². The lowest BCUT2D eigenvalue weighted by molar-refractivity contribution is 0.167. The van der Waals surface area contributed by atoms with E-state index in [0.29, 0.717) is 12.1 Å². The van der Waals surface area contributed by atoms with E-state index >= 15 is 0 Å². The largest absolute Gasteiger partial charge is 0.356 e. The quantitative estimate of drug-likeness (QED) is 0.646. The number of halogens is 1. The fourth-order valence-electron chi connectivity index (χ4n) is 2.97. The number of guanidine groups is 1. The van der Waals surface area contributed by atoms with Crippen molar-refractivity contribution in [2.24, 2.45) is 4.99 Å². The second kappa shape index (κ2) is 8.87. The van der Waals surface area contributed by atoms with Crippen LogP contribution in [-0.2, 0) is 6.42 Å². The zero-order chi connectivity index (χ0) is 16.7. The molecule has 0 aromatic heterocycles. The van der Waals surface area contributed by atoms with Gasteiger partial charge in [-0.05, 0) is 50.8 Å². The summed E-state index contributed by atoms with van der Waals surface area (Å²) in [4.78, 5) is 6.80. The Morgan fingerprint density at radius 1 is 1.35 bits per heavy atom. The van der Waals surface area contributed by atoms with Crippen molar-refractivity contribution in [1.82, 2.24) is 15.5 Å². The van der Waals surface area contributed by atoms with Gasteiger partial charge in [0, 0.05) is 38.8 Å². The molecule has 1 fully saturated rings. The van der Waals surface area contributed by atoms with E-state index in [9.17, 15) is 4.39 Å². The first kappa shape index (κ1) is 17.7. The Labute approximate surface area is 139 Å². The van der Waals surface area contributed by atoms with E-state index in [-0.39, 0.29) is 5.82 Å². The number of nitrogens with one attached hydrogen (secondary N) is 2. The highest BCUT2D eigenvalue weighted by molar-refractivity contribution is 5.79. The second-order valence-electron chi connectivity index (χ2n) is 6.43. The van der Waals surface area contributed by atoms with Gasteiger partial charge < -0.3 is 15.5 Å². The molecule has 128 valence electrons. The Morgan fingerprint density at radius 3 is 2.70 bits per heavy atom. The molecule has 1 aliphatic heterocycles. The van der Waals surface area contributed by atoms with Crippen LogP contribution in [0.1, 0.15) is 32.3 Å². The van der Waals surface area contributed by atoms with Crippen molar-refractivity contribution >= 4 is 5.96 Å². The Bertz CT molecular complexity index is 507. The molecule has 1 aliphatic rings. The molecule has 0 amide bonds. The van der Waals surface area contributed by atoms with E-state index in [2.05, 4.69) is 34.4 Å². The summed E-state index contributed by atoms with van der Waals surface area (Å²) >= 11 is 0. The van der Waals surface area contributed by atoms with E-state index in [1.165, 1.54) is 6.07 Å². The first-order chi connectivity index (χ1) is 11.1. The van der Waals surface area contributed by atoms with Crippen molar-refractivity contribution in [3.8, 4) is 0 Å². The molecule has 1 heterocycles. The van der Waals surface area contributed by atoms with Crippen LogP contribution in [0.2, 0.25) is 0 Å². The number of benzene rings is 1. The number of hydrogen-bond donors (Lipinski definition) is 2. The van der Waals surface area contributed by atoms with Crippen molar-refractivity contribution in [1.29, 1.82) is 0 Å². The maximum Gasteiger partial charge on any atom is 0.191 e. The summed E-state index contributed by atoms with van der Waals surface area (Å²) in [5, 5.41) is 6.82. The van der Waals surface area contributed by atoms with Gasteiger partial charge in [0.05, 0.1) is 0 Å². The molecule has 5 heteroatoms. The van der Waals surface area contributed by atoms with Gasteiger partial charge >= 0.3 is 0 Å². The summed E-state index contributed by atoms with van der Waals surface area (Å²) in [5.74, 6) is 0.659. The number of piperidine rings is 1. The lowest BCUT2D eigenvalue weighted by Gasteiger charge is -2.35. The molecule has 0 spiro atoms. The molecule has 1 aromatic rings. The highest BCUT2D eigenvalue weighted by atomic mass is 19.1.